The van der Waals surface area contributed by atoms with Crippen LogP contribution in [0.15, 0.2) is 42.5 Å². The maximum atomic E-state index is 6.13. The molecule has 0 fully saturated rings. The van der Waals surface area contributed by atoms with Crippen LogP contribution in [-0.4, -0.2) is 7.11 Å². The summed E-state index contributed by atoms with van der Waals surface area (Å²) in [7, 11) is 1.65. The zero-order valence-corrected chi connectivity index (χ0v) is 11.4. The van der Waals surface area contributed by atoms with Gasteiger partial charge in [-0.3, -0.25) is 0 Å². The van der Waals surface area contributed by atoms with Gasteiger partial charge in [-0.15, -0.1) is 0 Å². The molecule has 0 aromatic heterocycles. The minimum absolute atomic E-state index is 0.566. The molecule has 2 rings (SSSR count). The Kier molecular flexibility index (Phi) is 4.34. The highest BCUT2D eigenvalue weighted by molar-refractivity contribution is 6.42. The molecule has 2 nitrogen and oxygen atoms in total. The molecule has 0 spiro atoms. The van der Waals surface area contributed by atoms with E-state index in [0.29, 0.717) is 16.6 Å². The Labute approximate surface area is 116 Å². The minimum Gasteiger partial charge on any atom is -0.495 e. The lowest BCUT2D eigenvalue weighted by Crippen LogP contribution is -2.01. The van der Waals surface area contributed by atoms with Gasteiger partial charge in [0.25, 0.3) is 0 Å². The molecular formula is C14H13Cl2NO. The summed E-state index contributed by atoms with van der Waals surface area (Å²) in [6.45, 7) is 0.597. The first-order chi connectivity index (χ1) is 8.72. The summed E-state index contributed by atoms with van der Waals surface area (Å²) < 4.78 is 5.27. The van der Waals surface area contributed by atoms with Crippen LogP contribution >= 0.6 is 23.2 Å². The number of anilines is 1. The highest BCUT2D eigenvalue weighted by Crippen LogP contribution is 2.28. The van der Waals surface area contributed by atoms with Gasteiger partial charge in [-0.05, 0) is 23.8 Å². The SMILES string of the molecule is COc1ccccc1NCc1cccc(Cl)c1Cl. The Bertz CT molecular complexity index is 543. The quantitative estimate of drug-likeness (QED) is 0.883. The molecule has 0 aliphatic carbocycles. The molecule has 0 radical (unpaired) electrons. The lowest BCUT2D eigenvalue weighted by molar-refractivity contribution is 0.416. The largest absolute Gasteiger partial charge is 0.495 e. The fourth-order valence-corrected chi connectivity index (χ4v) is 2.05. The maximum Gasteiger partial charge on any atom is 0.141 e. The highest BCUT2D eigenvalue weighted by Gasteiger charge is 2.05. The standard InChI is InChI=1S/C14H13Cl2NO/c1-18-13-8-3-2-7-12(13)17-9-10-5-4-6-11(15)14(10)16/h2-8,17H,9H2,1H3. The summed E-state index contributed by atoms with van der Waals surface area (Å²) in [5.74, 6) is 0.802. The van der Waals surface area contributed by atoms with Gasteiger partial charge in [0.1, 0.15) is 5.75 Å². The van der Waals surface area contributed by atoms with Crippen molar-refractivity contribution in [3.05, 3.63) is 58.1 Å². The van der Waals surface area contributed by atoms with Crippen molar-refractivity contribution in [1.82, 2.24) is 0 Å². The smallest absolute Gasteiger partial charge is 0.141 e. The van der Waals surface area contributed by atoms with Gasteiger partial charge in [0, 0.05) is 6.54 Å². The molecule has 4 heteroatoms. The van der Waals surface area contributed by atoms with Gasteiger partial charge in [-0.1, -0.05) is 47.5 Å². The third-order valence-corrected chi connectivity index (χ3v) is 3.47. The van der Waals surface area contributed by atoms with E-state index < -0.39 is 0 Å². The molecular weight excluding hydrogens is 269 g/mol. The van der Waals surface area contributed by atoms with E-state index in [1.807, 2.05) is 36.4 Å². The maximum absolute atomic E-state index is 6.13. The van der Waals surface area contributed by atoms with Crippen molar-refractivity contribution in [3.8, 4) is 5.75 Å². The summed E-state index contributed by atoms with van der Waals surface area (Å²) in [6, 6.07) is 13.3. The minimum atomic E-state index is 0.566. The lowest BCUT2D eigenvalue weighted by atomic mass is 10.2. The average Bonchev–Trinajstić information content (AvgIpc) is 2.41. The summed E-state index contributed by atoms with van der Waals surface area (Å²) >= 11 is 12.1. The second-order valence-electron chi connectivity index (χ2n) is 3.77. The van der Waals surface area contributed by atoms with Crippen molar-refractivity contribution >= 4 is 28.9 Å². The highest BCUT2D eigenvalue weighted by atomic mass is 35.5. The van der Waals surface area contributed by atoms with E-state index in [4.69, 9.17) is 27.9 Å². The number of para-hydroxylation sites is 2. The molecule has 0 aliphatic heterocycles. The van der Waals surface area contributed by atoms with Gasteiger partial charge in [-0.2, -0.15) is 0 Å². The summed E-state index contributed by atoms with van der Waals surface area (Å²) in [5, 5.41) is 4.43. The van der Waals surface area contributed by atoms with Crippen LogP contribution in [0.2, 0.25) is 10.0 Å². The van der Waals surface area contributed by atoms with Gasteiger partial charge < -0.3 is 10.1 Å². The van der Waals surface area contributed by atoms with Crippen molar-refractivity contribution in [2.45, 2.75) is 6.54 Å². The normalized spacial score (nSPS) is 10.2. The summed E-state index contributed by atoms with van der Waals surface area (Å²) in [5.41, 5.74) is 1.88. The monoisotopic (exact) mass is 281 g/mol. The zero-order chi connectivity index (χ0) is 13.0. The number of methoxy groups -OCH3 is 1. The van der Waals surface area contributed by atoms with Crippen LogP contribution in [0.3, 0.4) is 0 Å². The van der Waals surface area contributed by atoms with Gasteiger partial charge in [0.05, 0.1) is 22.8 Å². The van der Waals surface area contributed by atoms with Gasteiger partial charge in [0.2, 0.25) is 0 Å². The van der Waals surface area contributed by atoms with E-state index in [2.05, 4.69) is 5.32 Å². The van der Waals surface area contributed by atoms with Crippen molar-refractivity contribution in [3.63, 3.8) is 0 Å². The van der Waals surface area contributed by atoms with Crippen LogP contribution in [0.1, 0.15) is 5.56 Å². The van der Waals surface area contributed by atoms with Gasteiger partial charge >= 0.3 is 0 Å². The van der Waals surface area contributed by atoms with Crippen LogP contribution < -0.4 is 10.1 Å². The first-order valence-electron chi connectivity index (χ1n) is 5.52. The second kappa shape index (κ2) is 5.98. The van der Waals surface area contributed by atoms with E-state index in [-0.39, 0.29) is 0 Å². The summed E-state index contributed by atoms with van der Waals surface area (Å²) in [4.78, 5) is 0. The Balaban J connectivity index is 2.14. The molecule has 0 bridgehead atoms. The van der Waals surface area contributed by atoms with Crippen LogP contribution in [-0.2, 0) is 6.54 Å². The van der Waals surface area contributed by atoms with E-state index in [0.717, 1.165) is 17.0 Å². The predicted octanol–water partition coefficient (Wildman–Crippen LogP) is 4.61. The molecule has 18 heavy (non-hydrogen) atoms. The number of nitrogens with one attached hydrogen (secondary N) is 1. The van der Waals surface area contributed by atoms with E-state index in [9.17, 15) is 0 Å². The fourth-order valence-electron chi connectivity index (χ4n) is 1.67. The van der Waals surface area contributed by atoms with Crippen LogP contribution in [0.5, 0.6) is 5.75 Å². The Hall–Kier alpha value is -1.38. The van der Waals surface area contributed by atoms with E-state index >= 15 is 0 Å². The number of benzene rings is 2. The molecule has 2 aromatic rings. The van der Waals surface area contributed by atoms with Crippen LogP contribution in [0, 0.1) is 0 Å². The molecule has 94 valence electrons. The third-order valence-electron chi connectivity index (χ3n) is 2.61. The fraction of sp³-hybridized carbons (Fsp3) is 0.143. The average molecular weight is 282 g/mol. The molecule has 0 heterocycles. The van der Waals surface area contributed by atoms with Gasteiger partial charge in [0.15, 0.2) is 0 Å². The molecule has 2 aromatic carbocycles. The molecule has 0 amide bonds. The van der Waals surface area contributed by atoms with E-state index in [1.165, 1.54) is 0 Å². The van der Waals surface area contributed by atoms with Crippen LogP contribution in [0.4, 0.5) is 5.69 Å². The molecule has 0 saturated carbocycles. The van der Waals surface area contributed by atoms with Crippen molar-refractivity contribution in [2.24, 2.45) is 0 Å². The number of rotatable bonds is 4. The Morgan fingerprint density at radius 2 is 1.83 bits per heavy atom. The second-order valence-corrected chi connectivity index (χ2v) is 4.55. The summed E-state index contributed by atoms with van der Waals surface area (Å²) in [6.07, 6.45) is 0. The lowest BCUT2D eigenvalue weighted by Gasteiger charge is -2.12. The topological polar surface area (TPSA) is 21.3 Å². The first-order valence-corrected chi connectivity index (χ1v) is 6.27. The third kappa shape index (κ3) is 2.89. The molecule has 0 saturated heterocycles. The molecule has 0 unspecified atom stereocenters. The van der Waals surface area contributed by atoms with Gasteiger partial charge in [-0.25, -0.2) is 0 Å². The molecule has 0 aliphatic rings. The van der Waals surface area contributed by atoms with E-state index in [1.54, 1.807) is 13.2 Å². The van der Waals surface area contributed by atoms with Crippen molar-refractivity contribution in [2.75, 3.05) is 12.4 Å². The van der Waals surface area contributed by atoms with Crippen molar-refractivity contribution in [1.29, 1.82) is 0 Å². The van der Waals surface area contributed by atoms with Crippen LogP contribution in [0.25, 0.3) is 0 Å². The number of halogens is 2. The van der Waals surface area contributed by atoms with Crippen molar-refractivity contribution < 1.29 is 4.74 Å². The number of hydrogen-bond acceptors (Lipinski definition) is 2. The Morgan fingerprint density at radius 1 is 1.06 bits per heavy atom. The first kappa shape index (κ1) is 13.1. The molecule has 1 N–H and O–H groups in total. The predicted molar refractivity (Wildman–Crippen MR) is 76.8 cm³/mol. The number of ether oxygens (including phenoxy) is 1. The Morgan fingerprint density at radius 3 is 2.61 bits per heavy atom. The zero-order valence-electron chi connectivity index (χ0n) is 9.91. The number of hydrogen-bond donors (Lipinski definition) is 1. The molecule has 0 atom stereocenters.